The van der Waals surface area contributed by atoms with Crippen LogP contribution in [0.5, 0.6) is 0 Å². The number of fused-ring (bicyclic) bond motifs is 1. The largest absolute Gasteiger partial charge is 0.390 e. The summed E-state index contributed by atoms with van der Waals surface area (Å²) in [6.07, 6.45) is 3.45. The number of rotatable bonds is 2. The van der Waals surface area contributed by atoms with Crippen LogP contribution in [0.25, 0.3) is 16.2 Å². The van der Waals surface area contributed by atoms with Crippen molar-refractivity contribution in [2.24, 2.45) is 0 Å². The first-order valence-electron chi connectivity index (χ1n) is 5.16. The molecule has 0 spiro atoms. The fraction of sp³-hybridized carbons (Fsp3) is 0.182. The van der Waals surface area contributed by atoms with Crippen molar-refractivity contribution in [1.82, 2.24) is 19.6 Å². The number of aromatic nitrogens is 4. The first-order chi connectivity index (χ1) is 8.29. The third-order valence-electron chi connectivity index (χ3n) is 2.48. The maximum atomic E-state index is 9.46. The minimum Gasteiger partial charge on any atom is -0.390 e. The lowest BCUT2D eigenvalue weighted by Crippen LogP contribution is -1.95. The van der Waals surface area contributed by atoms with Gasteiger partial charge in [-0.15, -0.1) is 0 Å². The summed E-state index contributed by atoms with van der Waals surface area (Å²) in [6, 6.07) is 3.77. The Morgan fingerprint density at radius 1 is 1.47 bits per heavy atom. The molecule has 3 rings (SSSR count). The van der Waals surface area contributed by atoms with Crippen LogP contribution in [0.15, 0.2) is 24.5 Å². The molecule has 0 radical (unpaired) electrons. The Labute approximate surface area is 101 Å². The van der Waals surface area contributed by atoms with Gasteiger partial charge in [0.15, 0.2) is 0 Å². The zero-order chi connectivity index (χ0) is 11.8. The SMILES string of the molecule is Cc1nn2c(CO)c(-c3cccnc3)nc2s1. The van der Waals surface area contributed by atoms with Crippen LogP contribution in [-0.4, -0.2) is 24.7 Å². The van der Waals surface area contributed by atoms with E-state index in [-0.39, 0.29) is 6.61 Å². The van der Waals surface area contributed by atoms with E-state index < -0.39 is 0 Å². The molecule has 0 aliphatic rings. The van der Waals surface area contributed by atoms with Gasteiger partial charge in [-0.1, -0.05) is 11.3 Å². The first kappa shape index (κ1) is 10.4. The predicted octanol–water partition coefficient (Wildman–Crippen LogP) is 1.65. The van der Waals surface area contributed by atoms with Crippen molar-refractivity contribution >= 4 is 16.3 Å². The molecule has 0 saturated heterocycles. The topological polar surface area (TPSA) is 63.3 Å². The molecule has 0 unspecified atom stereocenters. The van der Waals surface area contributed by atoms with Gasteiger partial charge in [0.05, 0.1) is 18.0 Å². The molecule has 0 bridgehead atoms. The summed E-state index contributed by atoms with van der Waals surface area (Å²) in [5, 5.41) is 14.7. The Hall–Kier alpha value is -1.79. The second-order valence-corrected chi connectivity index (χ2v) is 4.78. The molecule has 0 saturated carbocycles. The van der Waals surface area contributed by atoms with Gasteiger partial charge in [0.1, 0.15) is 5.01 Å². The van der Waals surface area contributed by atoms with E-state index >= 15 is 0 Å². The molecule has 6 heteroatoms. The van der Waals surface area contributed by atoms with Crippen molar-refractivity contribution in [3.63, 3.8) is 0 Å². The summed E-state index contributed by atoms with van der Waals surface area (Å²) in [5.74, 6) is 0. The number of hydrogen-bond acceptors (Lipinski definition) is 5. The molecular formula is C11H10N4OS. The highest BCUT2D eigenvalue weighted by Gasteiger charge is 2.16. The summed E-state index contributed by atoms with van der Waals surface area (Å²) in [7, 11) is 0. The summed E-state index contributed by atoms with van der Waals surface area (Å²) in [4.78, 5) is 9.35. The molecule has 86 valence electrons. The minimum absolute atomic E-state index is 0.0887. The van der Waals surface area contributed by atoms with Gasteiger partial charge in [-0.3, -0.25) is 4.98 Å². The van der Waals surface area contributed by atoms with Gasteiger partial charge in [0, 0.05) is 18.0 Å². The Morgan fingerprint density at radius 3 is 3.06 bits per heavy atom. The van der Waals surface area contributed by atoms with Crippen LogP contribution in [0.2, 0.25) is 0 Å². The maximum absolute atomic E-state index is 9.46. The normalized spacial score (nSPS) is 11.2. The lowest BCUT2D eigenvalue weighted by atomic mass is 10.2. The van der Waals surface area contributed by atoms with Gasteiger partial charge in [-0.05, 0) is 19.1 Å². The Morgan fingerprint density at radius 2 is 2.35 bits per heavy atom. The van der Waals surface area contributed by atoms with Gasteiger partial charge in [-0.25, -0.2) is 9.50 Å². The number of hydrogen-bond donors (Lipinski definition) is 1. The van der Waals surface area contributed by atoms with E-state index in [1.165, 1.54) is 11.3 Å². The average molecular weight is 246 g/mol. The highest BCUT2D eigenvalue weighted by molar-refractivity contribution is 7.16. The molecular weight excluding hydrogens is 236 g/mol. The van der Waals surface area contributed by atoms with Crippen LogP contribution in [0.4, 0.5) is 0 Å². The van der Waals surface area contributed by atoms with Crippen molar-refractivity contribution in [3.05, 3.63) is 35.2 Å². The summed E-state index contributed by atoms with van der Waals surface area (Å²) in [5.41, 5.74) is 2.35. The Bertz CT molecular complexity index is 659. The molecule has 17 heavy (non-hydrogen) atoms. The van der Waals surface area contributed by atoms with Crippen molar-refractivity contribution in [2.45, 2.75) is 13.5 Å². The van der Waals surface area contributed by atoms with Crippen LogP contribution in [0, 0.1) is 6.92 Å². The second kappa shape index (κ2) is 3.90. The summed E-state index contributed by atoms with van der Waals surface area (Å²) < 4.78 is 1.70. The fourth-order valence-electron chi connectivity index (χ4n) is 1.76. The van der Waals surface area contributed by atoms with Crippen LogP contribution in [-0.2, 0) is 6.61 Å². The van der Waals surface area contributed by atoms with Crippen molar-refractivity contribution in [2.75, 3.05) is 0 Å². The zero-order valence-electron chi connectivity index (χ0n) is 9.16. The van der Waals surface area contributed by atoms with Crippen LogP contribution < -0.4 is 0 Å². The highest BCUT2D eigenvalue weighted by Crippen LogP contribution is 2.26. The number of nitrogens with zero attached hydrogens (tertiary/aromatic N) is 4. The quantitative estimate of drug-likeness (QED) is 0.746. The van der Waals surface area contributed by atoms with Gasteiger partial charge in [-0.2, -0.15) is 5.10 Å². The standard InChI is InChI=1S/C11H10N4OS/c1-7-14-15-9(6-16)10(13-11(15)17-7)8-3-2-4-12-5-8/h2-5,16H,6H2,1H3. The molecule has 3 heterocycles. The number of aliphatic hydroxyl groups excluding tert-OH is 1. The maximum Gasteiger partial charge on any atom is 0.213 e. The van der Waals surface area contributed by atoms with E-state index in [9.17, 15) is 5.11 Å². The molecule has 0 amide bonds. The van der Waals surface area contributed by atoms with Crippen LogP contribution >= 0.6 is 11.3 Å². The van der Waals surface area contributed by atoms with Crippen LogP contribution in [0.3, 0.4) is 0 Å². The molecule has 3 aromatic rings. The highest BCUT2D eigenvalue weighted by atomic mass is 32.1. The Balaban J connectivity index is 2.26. The molecule has 0 fully saturated rings. The monoisotopic (exact) mass is 246 g/mol. The summed E-state index contributed by atoms with van der Waals surface area (Å²) >= 11 is 1.51. The van der Waals surface area contributed by atoms with E-state index in [2.05, 4.69) is 15.1 Å². The molecule has 1 N–H and O–H groups in total. The summed E-state index contributed by atoms with van der Waals surface area (Å²) in [6.45, 7) is 1.83. The van der Waals surface area contributed by atoms with E-state index in [4.69, 9.17) is 0 Å². The fourth-order valence-corrected chi connectivity index (χ4v) is 2.52. The third-order valence-corrected chi connectivity index (χ3v) is 3.31. The zero-order valence-corrected chi connectivity index (χ0v) is 9.98. The number of aliphatic hydroxyl groups is 1. The number of imidazole rings is 1. The Kier molecular flexibility index (Phi) is 2.38. The van der Waals surface area contributed by atoms with Gasteiger partial charge in [0.25, 0.3) is 0 Å². The third kappa shape index (κ3) is 1.62. The van der Waals surface area contributed by atoms with E-state index in [0.717, 1.165) is 21.2 Å². The van der Waals surface area contributed by atoms with Crippen molar-refractivity contribution in [1.29, 1.82) is 0 Å². The number of aryl methyl sites for hydroxylation is 1. The van der Waals surface area contributed by atoms with E-state index in [1.807, 2.05) is 19.1 Å². The average Bonchev–Trinajstić information content (AvgIpc) is 2.85. The van der Waals surface area contributed by atoms with Gasteiger partial charge < -0.3 is 5.11 Å². The number of pyridine rings is 1. The van der Waals surface area contributed by atoms with E-state index in [1.54, 1.807) is 16.9 Å². The first-order valence-corrected chi connectivity index (χ1v) is 5.97. The lowest BCUT2D eigenvalue weighted by Gasteiger charge is -1.99. The van der Waals surface area contributed by atoms with Crippen molar-refractivity contribution in [3.8, 4) is 11.3 Å². The molecule has 0 atom stereocenters. The van der Waals surface area contributed by atoms with Gasteiger partial charge in [0.2, 0.25) is 4.96 Å². The predicted molar refractivity (Wildman–Crippen MR) is 64.8 cm³/mol. The van der Waals surface area contributed by atoms with Gasteiger partial charge >= 0.3 is 0 Å². The second-order valence-electron chi connectivity index (χ2n) is 3.62. The van der Waals surface area contributed by atoms with E-state index in [0.29, 0.717) is 5.69 Å². The molecule has 0 aliphatic carbocycles. The molecule has 5 nitrogen and oxygen atoms in total. The van der Waals surface area contributed by atoms with Crippen LogP contribution in [0.1, 0.15) is 10.7 Å². The molecule has 0 aliphatic heterocycles. The minimum atomic E-state index is -0.0887. The molecule has 3 aromatic heterocycles. The smallest absolute Gasteiger partial charge is 0.213 e. The lowest BCUT2D eigenvalue weighted by molar-refractivity contribution is 0.275. The van der Waals surface area contributed by atoms with Crippen molar-refractivity contribution < 1.29 is 5.11 Å². The molecule has 0 aromatic carbocycles.